The van der Waals surface area contributed by atoms with Crippen molar-refractivity contribution in [3.05, 3.63) is 0 Å². The van der Waals surface area contributed by atoms with Crippen molar-refractivity contribution in [3.8, 4) is 0 Å². The van der Waals surface area contributed by atoms with E-state index >= 15 is 0 Å². The van der Waals surface area contributed by atoms with Crippen molar-refractivity contribution in [3.63, 3.8) is 0 Å². The van der Waals surface area contributed by atoms with Gasteiger partial charge in [0.2, 0.25) is 0 Å². The van der Waals surface area contributed by atoms with Crippen LogP contribution in [0.5, 0.6) is 0 Å². The van der Waals surface area contributed by atoms with E-state index in [0.29, 0.717) is 24.3 Å². The van der Waals surface area contributed by atoms with Crippen LogP contribution in [0.15, 0.2) is 0 Å². The zero-order valence-corrected chi connectivity index (χ0v) is 9.60. The average Bonchev–Trinajstić information content (AvgIpc) is 2.09. The summed E-state index contributed by atoms with van der Waals surface area (Å²) in [6.45, 7) is 3.55. The Bertz CT molecular complexity index is 313. The summed E-state index contributed by atoms with van der Waals surface area (Å²) in [6.07, 6.45) is 0.596. The topological polar surface area (TPSA) is 54.4 Å². The zero-order valence-electron chi connectivity index (χ0n) is 8.78. The van der Waals surface area contributed by atoms with E-state index in [1.807, 2.05) is 0 Å². The van der Waals surface area contributed by atoms with Crippen molar-refractivity contribution in [2.75, 3.05) is 11.5 Å². The number of Topliss-reactive ketones (excluding diaryl/α,β-unsaturated/α-hetero) is 1. The van der Waals surface area contributed by atoms with Gasteiger partial charge in [0.25, 0.3) is 0 Å². The molecule has 0 radical (unpaired) electrons. The fourth-order valence-corrected chi connectivity index (χ4v) is 3.34. The normalized spacial score (nSPS) is 38.6. The molecular weight excluding hydrogens is 200 g/mol. The molecule has 0 atom stereocenters. The Labute approximate surface area is 85.5 Å². The number of hydrogen-bond donors (Lipinski definition) is 1. The van der Waals surface area contributed by atoms with Gasteiger partial charge in [0, 0.05) is 17.4 Å². The largest absolute Gasteiger partial charge is 0.382 e. The molecule has 0 aliphatic carbocycles. The second kappa shape index (κ2) is 3.66. The van der Waals surface area contributed by atoms with Gasteiger partial charge in [-0.1, -0.05) is 13.8 Å². The van der Waals surface area contributed by atoms with Crippen LogP contribution in [0.3, 0.4) is 0 Å². The SMILES string of the molecule is C=S1(=O)CCC(O)(C(=O)C(C)C)CC1. The Hall–Kier alpha value is -0.350. The third kappa shape index (κ3) is 2.36. The van der Waals surface area contributed by atoms with E-state index in [4.69, 9.17) is 0 Å². The fourth-order valence-electron chi connectivity index (χ4n) is 1.72. The molecule has 82 valence electrons. The number of aliphatic hydroxyl groups is 1. The van der Waals surface area contributed by atoms with Crippen LogP contribution >= 0.6 is 0 Å². The molecule has 1 fully saturated rings. The molecule has 1 rings (SSSR count). The van der Waals surface area contributed by atoms with Crippen molar-refractivity contribution in [2.24, 2.45) is 5.92 Å². The third-order valence-electron chi connectivity index (χ3n) is 2.76. The van der Waals surface area contributed by atoms with Gasteiger partial charge in [0.05, 0.1) is 0 Å². The van der Waals surface area contributed by atoms with E-state index in [2.05, 4.69) is 5.87 Å². The molecule has 0 saturated carbocycles. The lowest BCUT2D eigenvalue weighted by atomic mass is 9.86. The highest BCUT2D eigenvalue weighted by molar-refractivity contribution is 8.00. The molecule has 14 heavy (non-hydrogen) atoms. The molecule has 0 aromatic heterocycles. The first-order valence-corrected chi connectivity index (χ1v) is 6.93. The second-order valence-electron chi connectivity index (χ2n) is 4.42. The molecule has 0 unspecified atom stereocenters. The molecule has 1 heterocycles. The highest BCUT2D eigenvalue weighted by Crippen LogP contribution is 2.27. The number of ketones is 1. The van der Waals surface area contributed by atoms with Crippen LogP contribution in [0.1, 0.15) is 26.7 Å². The van der Waals surface area contributed by atoms with E-state index in [-0.39, 0.29) is 11.7 Å². The molecule has 3 nitrogen and oxygen atoms in total. The highest BCUT2D eigenvalue weighted by Gasteiger charge is 2.40. The van der Waals surface area contributed by atoms with E-state index < -0.39 is 15.1 Å². The van der Waals surface area contributed by atoms with Crippen molar-refractivity contribution in [1.29, 1.82) is 0 Å². The van der Waals surface area contributed by atoms with E-state index in [0.717, 1.165) is 0 Å². The van der Waals surface area contributed by atoms with Gasteiger partial charge in [-0.3, -0.25) is 9.00 Å². The van der Waals surface area contributed by atoms with E-state index in [9.17, 15) is 14.1 Å². The monoisotopic (exact) mass is 218 g/mol. The smallest absolute Gasteiger partial charge is 0.166 e. The van der Waals surface area contributed by atoms with Gasteiger partial charge in [-0.15, -0.1) is 0 Å². The van der Waals surface area contributed by atoms with Gasteiger partial charge < -0.3 is 5.11 Å². The molecule has 1 saturated heterocycles. The Kier molecular flexibility index (Phi) is 3.07. The van der Waals surface area contributed by atoms with Crippen LogP contribution in [0, 0.1) is 5.92 Å². The quantitative estimate of drug-likeness (QED) is 0.685. The Morgan fingerprint density at radius 3 is 2.21 bits per heavy atom. The van der Waals surface area contributed by atoms with E-state index in [1.54, 1.807) is 13.8 Å². The van der Waals surface area contributed by atoms with Crippen LogP contribution in [0.25, 0.3) is 0 Å². The Morgan fingerprint density at radius 1 is 1.43 bits per heavy atom. The van der Waals surface area contributed by atoms with Crippen LogP contribution in [-0.2, 0) is 14.3 Å². The number of rotatable bonds is 2. The van der Waals surface area contributed by atoms with Crippen molar-refractivity contribution >= 4 is 21.2 Å². The summed E-state index contributed by atoms with van der Waals surface area (Å²) >= 11 is 0. The summed E-state index contributed by atoms with van der Waals surface area (Å²) < 4.78 is 11.6. The molecule has 4 heteroatoms. The van der Waals surface area contributed by atoms with Crippen molar-refractivity contribution < 1.29 is 14.1 Å². The van der Waals surface area contributed by atoms with Crippen molar-refractivity contribution in [2.45, 2.75) is 32.3 Å². The average molecular weight is 218 g/mol. The third-order valence-corrected chi connectivity index (χ3v) is 4.65. The van der Waals surface area contributed by atoms with Crippen LogP contribution in [0.4, 0.5) is 0 Å². The first-order valence-electron chi connectivity index (χ1n) is 4.86. The molecule has 1 aliphatic rings. The molecule has 0 aromatic carbocycles. The molecule has 0 aromatic rings. The summed E-state index contributed by atoms with van der Waals surface area (Å²) in [5, 5.41) is 10.0. The standard InChI is InChI=1S/C10H18O3S/c1-8(2)9(11)10(12)4-6-14(3,13)7-5-10/h8,12H,3-7H2,1-2H3. The molecular formula is C10H18O3S. The lowest BCUT2D eigenvalue weighted by Gasteiger charge is -2.33. The summed E-state index contributed by atoms with van der Waals surface area (Å²) in [5.41, 5.74) is -1.24. The maximum Gasteiger partial charge on any atom is 0.166 e. The number of carbonyl (C=O) groups excluding carboxylic acids is 1. The lowest BCUT2D eigenvalue weighted by Crippen LogP contribution is -2.47. The van der Waals surface area contributed by atoms with E-state index in [1.165, 1.54) is 0 Å². The fraction of sp³-hybridized carbons (Fsp3) is 0.800. The summed E-state index contributed by atoms with van der Waals surface area (Å²) in [4.78, 5) is 11.7. The molecule has 1 N–H and O–H groups in total. The summed E-state index contributed by atoms with van der Waals surface area (Å²) in [5.74, 6) is 4.03. The predicted octanol–water partition coefficient (Wildman–Crippen LogP) is 0.453. The van der Waals surface area contributed by atoms with Gasteiger partial charge in [-0.2, -0.15) is 0 Å². The Balaban J connectivity index is 2.76. The number of carbonyl (C=O) groups is 1. The van der Waals surface area contributed by atoms with Crippen LogP contribution in [0.2, 0.25) is 0 Å². The maximum atomic E-state index is 11.7. The van der Waals surface area contributed by atoms with Gasteiger partial charge in [0.15, 0.2) is 5.78 Å². The van der Waals surface area contributed by atoms with Gasteiger partial charge in [0.1, 0.15) is 5.60 Å². The lowest BCUT2D eigenvalue weighted by molar-refractivity contribution is -0.141. The number of hydrogen-bond acceptors (Lipinski definition) is 3. The molecule has 0 amide bonds. The zero-order chi connectivity index (χ0) is 11.0. The summed E-state index contributed by atoms with van der Waals surface area (Å²) in [6, 6.07) is 0. The van der Waals surface area contributed by atoms with Gasteiger partial charge >= 0.3 is 0 Å². The molecule has 1 aliphatic heterocycles. The van der Waals surface area contributed by atoms with Crippen LogP contribution < -0.4 is 0 Å². The Morgan fingerprint density at radius 2 is 1.86 bits per heavy atom. The minimum absolute atomic E-state index is 0.132. The predicted molar refractivity (Wildman–Crippen MR) is 59.0 cm³/mol. The molecule has 0 spiro atoms. The highest BCUT2D eigenvalue weighted by atomic mass is 32.2. The molecule has 0 bridgehead atoms. The van der Waals surface area contributed by atoms with Crippen molar-refractivity contribution in [1.82, 2.24) is 0 Å². The summed E-state index contributed by atoms with van der Waals surface area (Å²) in [7, 11) is -2.03. The first kappa shape index (κ1) is 11.7. The minimum Gasteiger partial charge on any atom is -0.382 e. The van der Waals surface area contributed by atoms with Gasteiger partial charge in [-0.25, -0.2) is 0 Å². The second-order valence-corrected chi connectivity index (χ2v) is 7.17. The first-order chi connectivity index (χ1) is 6.27. The van der Waals surface area contributed by atoms with Crippen LogP contribution in [-0.4, -0.2) is 38.1 Å². The maximum absolute atomic E-state index is 11.7. The van der Waals surface area contributed by atoms with Gasteiger partial charge in [-0.05, 0) is 28.2 Å². The minimum atomic E-state index is -2.03.